The molecule has 0 spiro atoms. The van der Waals surface area contributed by atoms with Crippen molar-refractivity contribution in [3.05, 3.63) is 172 Å². The molecule has 0 aliphatic heterocycles. The van der Waals surface area contributed by atoms with Gasteiger partial charge in [0.25, 0.3) is 0 Å². The quantitative estimate of drug-likeness (QED) is 0.155. The average molecular weight is 519 g/mol. The van der Waals surface area contributed by atoms with E-state index in [2.05, 4.69) is 94.9 Å². The average Bonchev–Trinajstić information content (AvgIpc) is 2.95. The van der Waals surface area contributed by atoms with E-state index in [0.29, 0.717) is 11.1 Å². The fourth-order valence-corrected chi connectivity index (χ4v) is 5.49. The number of benzene rings is 5. The molecular weight excluding hydrogens is 484 g/mol. The Labute approximate surface area is 238 Å². The minimum Gasteiger partial charge on any atom is -0.289 e. The topological polar surface area (TPSA) is 17.1 Å². The molecule has 0 saturated heterocycles. The van der Waals surface area contributed by atoms with Crippen LogP contribution in [0.25, 0.3) is 27.8 Å². The zero-order chi connectivity index (χ0) is 28.2. The summed E-state index contributed by atoms with van der Waals surface area (Å²) in [4.78, 5) is 14.5. The molecule has 0 aliphatic rings. The molecule has 196 valence electrons. The van der Waals surface area contributed by atoms with Crippen LogP contribution in [0.3, 0.4) is 0 Å². The third-order valence-corrected chi connectivity index (χ3v) is 7.15. The molecule has 0 atom stereocenters. The lowest BCUT2D eigenvalue weighted by molar-refractivity contribution is -0.108. The Hall–Kier alpha value is -4.75. The molecule has 0 heterocycles. The van der Waals surface area contributed by atoms with Gasteiger partial charge in [-0.05, 0) is 67.1 Å². The number of carbonyl (C=O) groups excluding carboxylic acids is 1. The maximum Gasteiger partial charge on any atom is 0.194 e. The number of carbonyl (C=O) groups is 1. The fraction of sp³-hybridized carbons (Fsp3) is 0.103. The summed E-state index contributed by atoms with van der Waals surface area (Å²) in [5, 5.41) is 0. The van der Waals surface area contributed by atoms with Crippen molar-refractivity contribution < 1.29 is 4.79 Å². The van der Waals surface area contributed by atoms with Crippen molar-refractivity contribution in [2.24, 2.45) is 0 Å². The number of rotatable bonds is 7. The number of hydrogen-bond acceptors (Lipinski definition) is 1. The Kier molecular flexibility index (Phi) is 7.75. The molecular formula is C39H34O. The van der Waals surface area contributed by atoms with Gasteiger partial charge in [0.1, 0.15) is 0 Å². The number of allylic oxidation sites excluding steroid dienone is 2. The highest BCUT2D eigenvalue weighted by molar-refractivity contribution is 6.46. The van der Waals surface area contributed by atoms with Gasteiger partial charge in [0.15, 0.2) is 5.78 Å². The van der Waals surface area contributed by atoms with E-state index < -0.39 is 0 Å². The van der Waals surface area contributed by atoms with Crippen LogP contribution in [-0.2, 0) is 4.79 Å². The van der Waals surface area contributed by atoms with Gasteiger partial charge in [0, 0.05) is 16.7 Å². The minimum absolute atomic E-state index is 0.0802. The van der Waals surface area contributed by atoms with E-state index in [1.54, 1.807) is 0 Å². The first-order valence-electron chi connectivity index (χ1n) is 13.7. The van der Waals surface area contributed by atoms with Crippen LogP contribution in [-0.4, -0.2) is 5.78 Å². The first kappa shape index (κ1) is 26.8. The Bertz CT molecular complexity index is 1700. The highest BCUT2D eigenvalue weighted by atomic mass is 16.1. The molecule has 0 aromatic heterocycles. The minimum atomic E-state index is -0.0802. The summed E-state index contributed by atoms with van der Waals surface area (Å²) in [5.41, 5.74) is 12.8. The van der Waals surface area contributed by atoms with E-state index in [0.717, 1.165) is 44.5 Å². The molecule has 5 aromatic rings. The van der Waals surface area contributed by atoms with E-state index in [1.165, 1.54) is 16.7 Å². The van der Waals surface area contributed by atoms with E-state index in [1.807, 2.05) is 60.7 Å². The van der Waals surface area contributed by atoms with Crippen LogP contribution in [0.15, 0.2) is 128 Å². The van der Waals surface area contributed by atoms with Crippen molar-refractivity contribution in [2.45, 2.75) is 27.7 Å². The molecule has 0 unspecified atom stereocenters. The molecule has 0 amide bonds. The first-order valence-corrected chi connectivity index (χ1v) is 13.7. The lowest BCUT2D eigenvalue weighted by Gasteiger charge is -2.19. The second-order valence-corrected chi connectivity index (χ2v) is 10.6. The number of Topliss-reactive ketones (excluding diaryl/α,β-unsaturated/α-hetero) is 1. The molecule has 0 saturated carbocycles. The Morgan fingerprint density at radius 3 is 1.55 bits per heavy atom. The third kappa shape index (κ3) is 5.80. The number of hydrogen-bond donors (Lipinski definition) is 0. The largest absolute Gasteiger partial charge is 0.289 e. The van der Waals surface area contributed by atoms with Crippen molar-refractivity contribution in [3.63, 3.8) is 0 Å². The molecule has 1 heteroatoms. The van der Waals surface area contributed by atoms with Crippen molar-refractivity contribution in [3.8, 4) is 11.1 Å². The number of aryl methyl sites for hydroxylation is 4. The van der Waals surface area contributed by atoms with Crippen LogP contribution in [0.4, 0.5) is 0 Å². The predicted octanol–water partition coefficient (Wildman–Crippen LogP) is 9.83. The van der Waals surface area contributed by atoms with E-state index in [9.17, 15) is 4.79 Å². The molecule has 0 fully saturated rings. The predicted molar refractivity (Wildman–Crippen MR) is 170 cm³/mol. The Morgan fingerprint density at radius 2 is 0.975 bits per heavy atom. The highest BCUT2D eigenvalue weighted by Gasteiger charge is 2.24. The molecule has 1 nitrogen and oxygen atoms in total. The molecule has 5 aromatic carbocycles. The Morgan fingerprint density at radius 1 is 0.475 bits per heavy atom. The van der Waals surface area contributed by atoms with Gasteiger partial charge in [-0.3, -0.25) is 4.79 Å². The van der Waals surface area contributed by atoms with Crippen molar-refractivity contribution in [1.82, 2.24) is 0 Å². The first-order chi connectivity index (χ1) is 19.3. The summed E-state index contributed by atoms with van der Waals surface area (Å²) in [6.07, 6.45) is 0. The summed E-state index contributed by atoms with van der Waals surface area (Å²) in [5.74, 6) is -0.0802. The van der Waals surface area contributed by atoms with Crippen LogP contribution in [0.5, 0.6) is 0 Å². The maximum atomic E-state index is 14.5. The van der Waals surface area contributed by atoms with Gasteiger partial charge in [0.2, 0.25) is 0 Å². The maximum absolute atomic E-state index is 14.5. The van der Waals surface area contributed by atoms with Crippen LogP contribution < -0.4 is 0 Å². The van der Waals surface area contributed by atoms with Gasteiger partial charge in [-0.15, -0.1) is 0 Å². The summed E-state index contributed by atoms with van der Waals surface area (Å²) < 4.78 is 0. The lowest BCUT2D eigenvalue weighted by atomic mass is 9.83. The van der Waals surface area contributed by atoms with Gasteiger partial charge in [0.05, 0.1) is 0 Å². The molecule has 0 radical (unpaired) electrons. The summed E-state index contributed by atoms with van der Waals surface area (Å²) in [6, 6.07) is 41.4. The molecule has 0 aliphatic carbocycles. The van der Waals surface area contributed by atoms with E-state index >= 15 is 0 Å². The van der Waals surface area contributed by atoms with Crippen LogP contribution in [0, 0.1) is 27.7 Å². The van der Waals surface area contributed by atoms with Gasteiger partial charge < -0.3 is 0 Å². The SMILES string of the molecule is C=C(C(=O)/C(=C(\c1cc(C)cc(C)c1)c1cccc(-c2cc(C)cc(C)c2)c1)c1ccccc1)c1ccccc1. The summed E-state index contributed by atoms with van der Waals surface area (Å²) in [7, 11) is 0. The zero-order valence-corrected chi connectivity index (χ0v) is 23.7. The van der Waals surface area contributed by atoms with Gasteiger partial charge >= 0.3 is 0 Å². The monoisotopic (exact) mass is 518 g/mol. The smallest absolute Gasteiger partial charge is 0.194 e. The third-order valence-electron chi connectivity index (χ3n) is 7.15. The summed E-state index contributed by atoms with van der Waals surface area (Å²) >= 11 is 0. The van der Waals surface area contributed by atoms with Crippen molar-refractivity contribution in [2.75, 3.05) is 0 Å². The van der Waals surface area contributed by atoms with Crippen molar-refractivity contribution >= 4 is 22.5 Å². The second-order valence-electron chi connectivity index (χ2n) is 10.6. The second kappa shape index (κ2) is 11.6. The van der Waals surface area contributed by atoms with E-state index in [4.69, 9.17) is 0 Å². The zero-order valence-electron chi connectivity index (χ0n) is 23.7. The van der Waals surface area contributed by atoms with Crippen LogP contribution in [0.1, 0.15) is 44.5 Å². The molecule has 0 bridgehead atoms. The molecule has 5 rings (SSSR count). The standard InChI is InChI=1S/C39H34O/c1-26-19-27(2)22-35(21-26)33-17-12-18-34(25-33)37(36-23-28(3)20-29(4)24-36)38(32-15-10-7-11-16-32)39(40)30(5)31-13-8-6-9-14-31/h6-25H,5H2,1-4H3/b38-37-. The molecule has 40 heavy (non-hydrogen) atoms. The fourth-order valence-electron chi connectivity index (χ4n) is 5.49. The van der Waals surface area contributed by atoms with Gasteiger partial charge in [-0.2, -0.15) is 0 Å². The lowest BCUT2D eigenvalue weighted by Crippen LogP contribution is -2.08. The Balaban J connectivity index is 1.83. The number of ketones is 1. The van der Waals surface area contributed by atoms with Crippen LogP contribution in [0.2, 0.25) is 0 Å². The molecule has 0 N–H and O–H groups in total. The normalized spacial score (nSPS) is 11.6. The van der Waals surface area contributed by atoms with Crippen LogP contribution >= 0.6 is 0 Å². The highest BCUT2D eigenvalue weighted by Crippen LogP contribution is 2.38. The summed E-state index contributed by atoms with van der Waals surface area (Å²) in [6.45, 7) is 12.7. The van der Waals surface area contributed by atoms with Gasteiger partial charge in [-0.1, -0.05) is 144 Å². The van der Waals surface area contributed by atoms with Gasteiger partial charge in [-0.25, -0.2) is 0 Å². The van der Waals surface area contributed by atoms with Crippen molar-refractivity contribution in [1.29, 1.82) is 0 Å². The van der Waals surface area contributed by atoms with E-state index in [-0.39, 0.29) is 5.78 Å².